The van der Waals surface area contributed by atoms with Crippen LogP contribution >= 0.6 is 11.3 Å². The highest BCUT2D eigenvalue weighted by Gasteiger charge is 2.09. The number of aromatic hydroxyl groups is 1. The fourth-order valence-corrected chi connectivity index (χ4v) is 2.36. The van der Waals surface area contributed by atoms with Crippen molar-refractivity contribution in [2.24, 2.45) is 0 Å². The zero-order valence-electron chi connectivity index (χ0n) is 10.6. The van der Waals surface area contributed by atoms with Gasteiger partial charge in [-0.3, -0.25) is 4.79 Å². The van der Waals surface area contributed by atoms with Crippen LogP contribution in [0.1, 0.15) is 20.8 Å². The van der Waals surface area contributed by atoms with Gasteiger partial charge >= 0.3 is 0 Å². The molecule has 0 radical (unpaired) electrons. The minimum Gasteiger partial charge on any atom is -0.507 e. The van der Waals surface area contributed by atoms with Gasteiger partial charge in [0.25, 0.3) is 5.91 Å². The number of hydrogen-bond acceptors (Lipinski definition) is 4. The first-order valence-corrected chi connectivity index (χ1v) is 6.82. The molecular formula is C15H13NO3S. The van der Waals surface area contributed by atoms with Gasteiger partial charge in [-0.05, 0) is 18.2 Å². The number of hydrogen-bond donors (Lipinski definition) is 3. The second kappa shape index (κ2) is 6.75. The summed E-state index contributed by atoms with van der Waals surface area (Å²) < 4.78 is 0. The first-order valence-electron chi connectivity index (χ1n) is 5.94. The Morgan fingerprint density at radius 3 is 2.90 bits per heavy atom. The molecule has 0 saturated heterocycles. The zero-order valence-corrected chi connectivity index (χ0v) is 11.4. The van der Waals surface area contributed by atoms with Gasteiger partial charge < -0.3 is 15.5 Å². The van der Waals surface area contributed by atoms with E-state index in [0.717, 1.165) is 10.4 Å². The molecule has 1 aromatic heterocycles. The van der Waals surface area contributed by atoms with Crippen LogP contribution in [0.15, 0.2) is 35.7 Å². The second-order valence-corrected chi connectivity index (χ2v) is 4.96. The Labute approximate surface area is 120 Å². The van der Waals surface area contributed by atoms with Crippen molar-refractivity contribution in [3.05, 3.63) is 51.7 Å². The smallest absolute Gasteiger partial charge is 0.255 e. The van der Waals surface area contributed by atoms with Crippen LogP contribution in [0.4, 0.5) is 0 Å². The Bertz CT molecular complexity index is 667. The molecule has 0 saturated carbocycles. The van der Waals surface area contributed by atoms with E-state index < -0.39 is 0 Å². The number of rotatable bonds is 3. The first-order chi connectivity index (χ1) is 9.70. The highest BCUT2D eigenvalue weighted by Crippen LogP contribution is 2.17. The van der Waals surface area contributed by atoms with Gasteiger partial charge in [0.1, 0.15) is 12.4 Å². The number of aliphatic hydroxyl groups is 1. The molecular weight excluding hydrogens is 274 g/mol. The van der Waals surface area contributed by atoms with Gasteiger partial charge in [-0.1, -0.05) is 24.0 Å². The summed E-state index contributed by atoms with van der Waals surface area (Å²) >= 11 is 1.48. The first kappa shape index (κ1) is 14.1. The van der Waals surface area contributed by atoms with E-state index in [4.69, 9.17) is 5.11 Å². The summed E-state index contributed by atoms with van der Waals surface area (Å²) in [5, 5.41) is 22.8. The fraction of sp³-hybridized carbons (Fsp3) is 0.133. The summed E-state index contributed by atoms with van der Waals surface area (Å²) in [5.41, 5.74) is 1.07. The minimum absolute atomic E-state index is 0.0364. The summed E-state index contributed by atoms with van der Waals surface area (Å²) in [6, 6.07) is 8.26. The average Bonchev–Trinajstić information content (AvgIpc) is 2.91. The monoisotopic (exact) mass is 287 g/mol. The number of para-hydroxylation sites is 1. The van der Waals surface area contributed by atoms with Crippen molar-refractivity contribution in [3.63, 3.8) is 0 Å². The molecule has 0 fully saturated rings. The van der Waals surface area contributed by atoms with Crippen LogP contribution in [0.3, 0.4) is 0 Å². The van der Waals surface area contributed by atoms with Crippen LogP contribution in [-0.2, 0) is 6.54 Å². The number of nitrogens with one attached hydrogen (secondary N) is 1. The third-order valence-corrected chi connectivity index (χ3v) is 3.47. The largest absolute Gasteiger partial charge is 0.507 e. The molecule has 0 atom stereocenters. The van der Waals surface area contributed by atoms with Crippen molar-refractivity contribution in [2.75, 3.05) is 6.61 Å². The van der Waals surface area contributed by atoms with E-state index in [0.29, 0.717) is 6.54 Å². The topological polar surface area (TPSA) is 69.6 Å². The molecule has 3 N–H and O–H groups in total. The third kappa shape index (κ3) is 3.60. The van der Waals surface area contributed by atoms with Crippen molar-refractivity contribution < 1.29 is 15.0 Å². The average molecular weight is 287 g/mol. The molecule has 2 aromatic rings. The van der Waals surface area contributed by atoms with Gasteiger partial charge in [0.15, 0.2) is 0 Å². The summed E-state index contributed by atoms with van der Waals surface area (Å²) in [6.45, 7) is 0.202. The minimum atomic E-state index is -0.320. The van der Waals surface area contributed by atoms with Gasteiger partial charge in [-0.25, -0.2) is 0 Å². The molecule has 1 aromatic carbocycles. The lowest BCUT2D eigenvalue weighted by Crippen LogP contribution is -2.22. The highest BCUT2D eigenvalue weighted by atomic mass is 32.1. The lowest BCUT2D eigenvalue weighted by molar-refractivity contribution is 0.0948. The van der Waals surface area contributed by atoms with Gasteiger partial charge in [0.05, 0.1) is 12.1 Å². The Kier molecular flexibility index (Phi) is 4.77. The van der Waals surface area contributed by atoms with Crippen LogP contribution in [0.5, 0.6) is 5.75 Å². The van der Waals surface area contributed by atoms with E-state index in [2.05, 4.69) is 17.2 Å². The van der Waals surface area contributed by atoms with E-state index in [-0.39, 0.29) is 23.8 Å². The lowest BCUT2D eigenvalue weighted by atomic mass is 10.2. The van der Waals surface area contributed by atoms with E-state index in [9.17, 15) is 9.90 Å². The normalized spacial score (nSPS) is 9.65. The molecule has 1 amide bonds. The number of carbonyl (C=O) groups excluding carboxylic acids is 1. The van der Waals surface area contributed by atoms with Crippen LogP contribution in [0, 0.1) is 11.8 Å². The number of phenols is 1. The number of aliphatic hydroxyl groups excluding tert-OH is 1. The van der Waals surface area contributed by atoms with E-state index >= 15 is 0 Å². The van der Waals surface area contributed by atoms with Gasteiger partial charge in [0.2, 0.25) is 0 Å². The molecule has 4 nitrogen and oxygen atoms in total. The summed E-state index contributed by atoms with van der Waals surface area (Å²) in [7, 11) is 0. The second-order valence-electron chi connectivity index (χ2n) is 3.96. The van der Waals surface area contributed by atoms with Crippen molar-refractivity contribution in [1.82, 2.24) is 5.32 Å². The zero-order chi connectivity index (χ0) is 14.4. The molecule has 0 spiro atoms. The molecule has 2 rings (SSSR count). The summed E-state index contributed by atoms with van der Waals surface area (Å²) in [4.78, 5) is 12.8. The SMILES string of the molecule is O=C(NCc1cc(C#CCO)cs1)c1ccccc1O. The molecule has 5 heteroatoms. The Balaban J connectivity index is 1.97. The number of carbonyl (C=O) groups is 1. The van der Waals surface area contributed by atoms with Crippen LogP contribution in [0.25, 0.3) is 0 Å². The predicted octanol–water partition coefficient (Wildman–Crippen LogP) is 1.73. The Morgan fingerprint density at radius 1 is 1.35 bits per heavy atom. The molecule has 20 heavy (non-hydrogen) atoms. The predicted molar refractivity (Wildman–Crippen MR) is 77.6 cm³/mol. The molecule has 0 unspecified atom stereocenters. The maximum atomic E-state index is 11.9. The molecule has 102 valence electrons. The lowest BCUT2D eigenvalue weighted by Gasteiger charge is -2.05. The van der Waals surface area contributed by atoms with Crippen LogP contribution in [0.2, 0.25) is 0 Å². The highest BCUT2D eigenvalue weighted by molar-refractivity contribution is 7.10. The molecule has 0 bridgehead atoms. The van der Waals surface area contributed by atoms with E-state index in [1.165, 1.54) is 17.4 Å². The number of thiophene rings is 1. The van der Waals surface area contributed by atoms with Crippen LogP contribution < -0.4 is 5.32 Å². The van der Waals surface area contributed by atoms with E-state index in [1.807, 2.05) is 11.4 Å². The summed E-state index contributed by atoms with van der Waals surface area (Å²) in [5.74, 6) is 5.01. The maximum absolute atomic E-state index is 11.9. The van der Waals surface area contributed by atoms with Crippen molar-refractivity contribution in [3.8, 4) is 17.6 Å². The maximum Gasteiger partial charge on any atom is 0.255 e. The standard InChI is InChI=1S/C15H13NO3S/c17-7-3-4-11-8-12(20-10-11)9-16-15(19)13-5-1-2-6-14(13)18/h1-2,5-6,8,10,17-18H,7,9H2,(H,16,19). The van der Waals surface area contributed by atoms with Gasteiger partial charge in [0, 0.05) is 15.8 Å². The number of phenolic OH excluding ortho intramolecular Hbond substituents is 1. The van der Waals surface area contributed by atoms with Gasteiger partial charge in [-0.15, -0.1) is 11.3 Å². The molecule has 0 aliphatic rings. The Morgan fingerprint density at radius 2 is 2.15 bits per heavy atom. The molecule has 0 aliphatic heterocycles. The fourth-order valence-electron chi connectivity index (χ4n) is 1.61. The van der Waals surface area contributed by atoms with Crippen LogP contribution in [-0.4, -0.2) is 22.7 Å². The van der Waals surface area contributed by atoms with Crippen molar-refractivity contribution in [1.29, 1.82) is 0 Å². The third-order valence-electron chi connectivity index (χ3n) is 2.54. The van der Waals surface area contributed by atoms with Gasteiger partial charge in [-0.2, -0.15) is 0 Å². The Hall–Kier alpha value is -2.29. The van der Waals surface area contributed by atoms with Crippen molar-refractivity contribution in [2.45, 2.75) is 6.54 Å². The summed E-state index contributed by atoms with van der Waals surface area (Å²) in [6.07, 6.45) is 0. The molecule has 1 heterocycles. The number of amides is 1. The van der Waals surface area contributed by atoms with Crippen molar-refractivity contribution >= 4 is 17.2 Å². The number of benzene rings is 1. The molecule has 0 aliphatic carbocycles. The van der Waals surface area contributed by atoms with E-state index in [1.54, 1.807) is 18.2 Å². The quantitative estimate of drug-likeness (QED) is 0.753.